The number of nitrogens with one attached hydrogen (secondary N) is 1. The SMILES string of the molecule is CC(=O)ON(CCC(NC(=O)OC(C)(C)C)C(=O)O)C(c1nn(-c2cc(F)ccc2F)cc1Cc1ccccc1)C(C)(C)C. The highest BCUT2D eigenvalue weighted by atomic mass is 19.1. The summed E-state index contributed by atoms with van der Waals surface area (Å²) in [5.74, 6) is -3.30. The standard InChI is InChI=1S/C32H40F2N4O6/c1-20(39)44-38(16-15-25(29(40)41)35-30(42)43-32(5,6)7)28(31(2,3)4)27-22(17-21-11-9-8-10-12-21)19-37(36-27)26-18-23(33)13-14-24(26)34/h8-14,18-19,25,28H,15-17H2,1-7H3,(H,35,42)(H,40,41). The van der Waals surface area contributed by atoms with E-state index in [1.54, 1.807) is 27.0 Å². The number of alkyl carbamates (subject to hydrolysis) is 1. The zero-order valence-corrected chi connectivity index (χ0v) is 26.1. The second-order valence-corrected chi connectivity index (χ2v) is 12.6. The van der Waals surface area contributed by atoms with Gasteiger partial charge in [0.2, 0.25) is 0 Å². The van der Waals surface area contributed by atoms with E-state index in [4.69, 9.17) is 14.7 Å². The van der Waals surface area contributed by atoms with Crippen molar-refractivity contribution in [3.8, 4) is 5.69 Å². The number of amides is 1. The molecular weight excluding hydrogens is 574 g/mol. The molecule has 2 atom stereocenters. The van der Waals surface area contributed by atoms with Crippen LogP contribution >= 0.6 is 0 Å². The maximum Gasteiger partial charge on any atom is 0.408 e. The number of carbonyl (C=O) groups is 3. The normalized spacial score (nSPS) is 13.3. The number of hydrogen-bond donors (Lipinski definition) is 2. The summed E-state index contributed by atoms with van der Waals surface area (Å²) in [7, 11) is 0. The highest BCUT2D eigenvalue weighted by molar-refractivity contribution is 5.80. The third-order valence-electron chi connectivity index (χ3n) is 6.46. The lowest BCUT2D eigenvalue weighted by Gasteiger charge is -2.38. The molecule has 1 amide bonds. The van der Waals surface area contributed by atoms with E-state index in [0.717, 1.165) is 23.8 Å². The Hall–Kier alpha value is -4.32. The van der Waals surface area contributed by atoms with Crippen molar-refractivity contribution in [1.29, 1.82) is 0 Å². The number of aliphatic carboxylic acids is 1. The average Bonchev–Trinajstić information content (AvgIpc) is 3.28. The van der Waals surface area contributed by atoms with E-state index in [0.29, 0.717) is 17.7 Å². The summed E-state index contributed by atoms with van der Waals surface area (Å²) in [4.78, 5) is 42.4. The van der Waals surface area contributed by atoms with Gasteiger partial charge in [-0.15, -0.1) is 5.06 Å². The van der Waals surface area contributed by atoms with E-state index in [9.17, 15) is 28.3 Å². The third-order valence-corrected chi connectivity index (χ3v) is 6.46. The maximum absolute atomic E-state index is 14.9. The Bertz CT molecular complexity index is 1460. The van der Waals surface area contributed by atoms with E-state index < -0.39 is 52.8 Å². The molecule has 3 aromatic rings. The molecule has 0 saturated heterocycles. The molecule has 0 saturated carbocycles. The summed E-state index contributed by atoms with van der Waals surface area (Å²) in [5, 5.41) is 18.2. The fourth-order valence-electron chi connectivity index (χ4n) is 4.72. The molecule has 0 radical (unpaired) electrons. The van der Waals surface area contributed by atoms with Gasteiger partial charge in [0.15, 0.2) is 0 Å². The van der Waals surface area contributed by atoms with Crippen LogP contribution in [0.15, 0.2) is 54.7 Å². The lowest BCUT2D eigenvalue weighted by atomic mass is 9.82. The Balaban J connectivity index is 2.08. The van der Waals surface area contributed by atoms with Gasteiger partial charge in [-0.1, -0.05) is 51.1 Å². The van der Waals surface area contributed by atoms with Gasteiger partial charge >= 0.3 is 18.0 Å². The number of ether oxygens (including phenoxy) is 1. The largest absolute Gasteiger partial charge is 0.480 e. The van der Waals surface area contributed by atoms with Gasteiger partial charge in [0, 0.05) is 32.2 Å². The summed E-state index contributed by atoms with van der Waals surface area (Å²) >= 11 is 0. The first-order chi connectivity index (χ1) is 20.4. The average molecular weight is 615 g/mol. The van der Waals surface area contributed by atoms with Crippen LogP contribution in [-0.2, 0) is 25.6 Å². The van der Waals surface area contributed by atoms with Crippen molar-refractivity contribution < 1.29 is 37.8 Å². The van der Waals surface area contributed by atoms with Crippen molar-refractivity contribution in [2.75, 3.05) is 6.54 Å². The van der Waals surface area contributed by atoms with Crippen molar-refractivity contribution in [2.45, 2.75) is 79.0 Å². The number of benzene rings is 2. The van der Waals surface area contributed by atoms with E-state index >= 15 is 0 Å². The molecule has 0 aliphatic rings. The molecule has 2 N–H and O–H groups in total. The molecule has 238 valence electrons. The summed E-state index contributed by atoms with van der Waals surface area (Å²) in [5.41, 5.74) is 0.357. The monoisotopic (exact) mass is 614 g/mol. The summed E-state index contributed by atoms with van der Waals surface area (Å²) in [6.07, 6.45) is 0.903. The number of carbonyl (C=O) groups excluding carboxylic acids is 2. The first kappa shape index (κ1) is 34.2. The van der Waals surface area contributed by atoms with Crippen molar-refractivity contribution in [3.63, 3.8) is 0 Å². The summed E-state index contributed by atoms with van der Waals surface area (Å²) < 4.78 is 35.5. The second-order valence-electron chi connectivity index (χ2n) is 12.6. The number of carboxylic acids is 1. The molecular formula is C32H40F2N4O6. The Morgan fingerprint density at radius 3 is 2.27 bits per heavy atom. The zero-order chi connectivity index (χ0) is 32.8. The number of hydroxylamine groups is 2. The Labute approximate surface area is 255 Å². The fraction of sp³-hybridized carbons (Fsp3) is 0.438. The van der Waals surface area contributed by atoms with Gasteiger partial charge in [-0.05, 0) is 55.9 Å². The van der Waals surface area contributed by atoms with Gasteiger partial charge in [-0.25, -0.2) is 23.1 Å². The molecule has 0 fully saturated rings. The highest BCUT2D eigenvalue weighted by Crippen LogP contribution is 2.40. The van der Waals surface area contributed by atoms with Gasteiger partial charge in [0.1, 0.15) is 29.0 Å². The minimum atomic E-state index is -1.37. The minimum absolute atomic E-state index is 0.107. The first-order valence-corrected chi connectivity index (χ1v) is 14.2. The maximum atomic E-state index is 14.9. The van der Waals surface area contributed by atoms with Gasteiger partial charge < -0.3 is 20.0 Å². The summed E-state index contributed by atoms with van der Waals surface area (Å²) in [6, 6.07) is 10.4. The topological polar surface area (TPSA) is 123 Å². The Kier molecular flexibility index (Phi) is 10.9. The molecule has 10 nitrogen and oxygen atoms in total. The predicted octanol–water partition coefficient (Wildman–Crippen LogP) is 5.98. The number of aromatic nitrogens is 2. The van der Waals surface area contributed by atoms with Crippen LogP contribution in [0.4, 0.5) is 13.6 Å². The molecule has 2 unspecified atom stereocenters. The van der Waals surface area contributed by atoms with Crippen LogP contribution < -0.4 is 5.32 Å². The molecule has 0 spiro atoms. The van der Waals surface area contributed by atoms with Crippen LogP contribution in [-0.4, -0.2) is 56.2 Å². The fourth-order valence-corrected chi connectivity index (χ4v) is 4.72. The van der Waals surface area contributed by atoms with Crippen molar-refractivity contribution in [1.82, 2.24) is 20.2 Å². The predicted molar refractivity (Wildman–Crippen MR) is 159 cm³/mol. The van der Waals surface area contributed by atoms with Crippen LogP contribution in [0, 0.1) is 17.0 Å². The van der Waals surface area contributed by atoms with Gasteiger partial charge in [-0.2, -0.15) is 5.10 Å². The highest BCUT2D eigenvalue weighted by Gasteiger charge is 2.39. The van der Waals surface area contributed by atoms with E-state index in [1.807, 2.05) is 51.1 Å². The van der Waals surface area contributed by atoms with Crippen molar-refractivity contribution in [2.24, 2.45) is 5.41 Å². The molecule has 1 heterocycles. The van der Waals surface area contributed by atoms with Gasteiger partial charge in [0.25, 0.3) is 0 Å². The van der Waals surface area contributed by atoms with Crippen molar-refractivity contribution >= 4 is 18.0 Å². The molecule has 44 heavy (non-hydrogen) atoms. The second kappa shape index (κ2) is 14.0. The number of halogens is 2. The Morgan fingerprint density at radius 2 is 1.70 bits per heavy atom. The molecule has 3 rings (SSSR count). The number of nitrogens with zero attached hydrogens (tertiary/aromatic N) is 3. The lowest BCUT2D eigenvalue weighted by molar-refractivity contribution is -0.212. The number of carboxylic acid groups (broad SMARTS) is 1. The zero-order valence-electron chi connectivity index (χ0n) is 26.1. The Morgan fingerprint density at radius 1 is 1.05 bits per heavy atom. The van der Waals surface area contributed by atoms with Crippen molar-refractivity contribution in [3.05, 3.63) is 83.2 Å². The van der Waals surface area contributed by atoms with Gasteiger partial charge in [-0.3, -0.25) is 4.79 Å². The van der Waals surface area contributed by atoms with Crippen LogP contribution in [0.25, 0.3) is 5.69 Å². The van der Waals surface area contributed by atoms with E-state index in [1.165, 1.54) is 16.7 Å². The number of hydrogen-bond acceptors (Lipinski definition) is 7. The van der Waals surface area contributed by atoms with Crippen LogP contribution in [0.5, 0.6) is 0 Å². The molecule has 2 aromatic carbocycles. The minimum Gasteiger partial charge on any atom is -0.480 e. The summed E-state index contributed by atoms with van der Waals surface area (Å²) in [6.45, 7) is 11.7. The van der Waals surface area contributed by atoms with Gasteiger partial charge in [0.05, 0.1) is 11.7 Å². The molecule has 0 aliphatic heterocycles. The van der Waals surface area contributed by atoms with E-state index in [2.05, 4.69) is 5.32 Å². The lowest BCUT2D eigenvalue weighted by Crippen LogP contribution is -2.46. The first-order valence-electron chi connectivity index (χ1n) is 14.2. The molecule has 12 heteroatoms. The van der Waals surface area contributed by atoms with Crippen LogP contribution in [0.1, 0.15) is 77.7 Å². The smallest absolute Gasteiger partial charge is 0.408 e. The van der Waals surface area contributed by atoms with Crippen LogP contribution in [0.2, 0.25) is 0 Å². The van der Waals surface area contributed by atoms with Crippen LogP contribution in [0.3, 0.4) is 0 Å². The quantitative estimate of drug-likeness (QED) is 0.253. The third kappa shape index (κ3) is 9.60. The number of rotatable bonds is 11. The van der Waals surface area contributed by atoms with E-state index in [-0.39, 0.29) is 18.7 Å². The molecule has 1 aromatic heterocycles. The molecule has 0 bridgehead atoms. The molecule has 0 aliphatic carbocycles.